The Morgan fingerprint density at radius 3 is 2.81 bits per heavy atom. The molecule has 2 aromatic rings. The van der Waals surface area contributed by atoms with Gasteiger partial charge in [0.25, 0.3) is 0 Å². The number of anilines is 1. The van der Waals surface area contributed by atoms with E-state index in [2.05, 4.69) is 57.5 Å². The van der Waals surface area contributed by atoms with Crippen LogP contribution in [0.3, 0.4) is 0 Å². The van der Waals surface area contributed by atoms with Crippen LogP contribution in [0.15, 0.2) is 34.8 Å². The summed E-state index contributed by atoms with van der Waals surface area (Å²) in [6.07, 6.45) is 2.63. The molecule has 1 aromatic heterocycles. The van der Waals surface area contributed by atoms with Crippen molar-refractivity contribution in [1.29, 1.82) is 0 Å². The molecular formula is C16H18BrClN2S. The van der Waals surface area contributed by atoms with Crippen molar-refractivity contribution in [3.8, 4) is 0 Å². The molecule has 1 aliphatic rings. The van der Waals surface area contributed by atoms with Gasteiger partial charge in [-0.1, -0.05) is 33.6 Å². The number of halogens is 2. The minimum absolute atomic E-state index is 0.725. The summed E-state index contributed by atoms with van der Waals surface area (Å²) in [5, 5.41) is 3.60. The van der Waals surface area contributed by atoms with Crippen LogP contribution in [0.5, 0.6) is 0 Å². The molecule has 1 aromatic carbocycles. The summed E-state index contributed by atoms with van der Waals surface area (Å²) in [5.74, 6) is 0. The summed E-state index contributed by atoms with van der Waals surface area (Å²) in [5.41, 5.74) is 2.61. The smallest absolute Gasteiger partial charge is 0.0931 e. The largest absolute Gasteiger partial charge is 0.369 e. The average molecular weight is 386 g/mol. The van der Waals surface area contributed by atoms with Crippen LogP contribution in [0.4, 0.5) is 5.69 Å². The number of benzene rings is 1. The van der Waals surface area contributed by atoms with Crippen molar-refractivity contribution < 1.29 is 0 Å². The van der Waals surface area contributed by atoms with E-state index in [4.69, 9.17) is 11.6 Å². The average Bonchev–Trinajstić information content (AvgIpc) is 3.20. The van der Waals surface area contributed by atoms with Gasteiger partial charge in [0.1, 0.15) is 0 Å². The monoisotopic (exact) mass is 384 g/mol. The molecule has 0 saturated heterocycles. The summed E-state index contributed by atoms with van der Waals surface area (Å²) in [6.45, 7) is 1.81. The Balaban J connectivity index is 1.75. The fraction of sp³-hybridized carbons (Fsp3) is 0.375. The molecule has 0 bridgehead atoms. The lowest BCUT2D eigenvalue weighted by Gasteiger charge is -2.22. The Hall–Kier alpha value is -0.550. The van der Waals surface area contributed by atoms with E-state index in [0.29, 0.717) is 0 Å². The standard InChI is InChI=1S/C16H18BrClN2S/c1-20(10-14-6-7-16(18)21-14)15-8-12(17)3-2-11(15)9-19-13-4-5-13/h2-3,6-8,13,19H,4-5,9-10H2,1H3. The molecule has 0 radical (unpaired) electrons. The van der Waals surface area contributed by atoms with Gasteiger partial charge in [0.2, 0.25) is 0 Å². The van der Waals surface area contributed by atoms with E-state index in [1.165, 1.54) is 29.0 Å². The Kier molecular flexibility index (Phi) is 4.89. The van der Waals surface area contributed by atoms with Gasteiger partial charge < -0.3 is 10.2 Å². The SMILES string of the molecule is CN(Cc1ccc(Cl)s1)c1cc(Br)ccc1CNC1CC1. The van der Waals surface area contributed by atoms with E-state index >= 15 is 0 Å². The van der Waals surface area contributed by atoms with Gasteiger partial charge in [0.05, 0.1) is 10.9 Å². The molecule has 1 N–H and O–H groups in total. The zero-order valence-corrected chi connectivity index (χ0v) is 15.1. The Morgan fingerprint density at radius 1 is 1.33 bits per heavy atom. The number of rotatable bonds is 6. The Labute approximate surface area is 143 Å². The molecule has 1 fully saturated rings. The predicted molar refractivity (Wildman–Crippen MR) is 95.4 cm³/mol. The van der Waals surface area contributed by atoms with Gasteiger partial charge in [-0.05, 0) is 42.7 Å². The first-order valence-electron chi connectivity index (χ1n) is 7.09. The van der Waals surface area contributed by atoms with Crippen LogP contribution in [0.1, 0.15) is 23.3 Å². The first-order chi connectivity index (χ1) is 10.1. The number of hydrogen-bond acceptors (Lipinski definition) is 3. The molecular weight excluding hydrogens is 368 g/mol. The van der Waals surface area contributed by atoms with Gasteiger partial charge in [-0.2, -0.15) is 0 Å². The molecule has 0 aliphatic heterocycles. The van der Waals surface area contributed by atoms with Crippen LogP contribution in [0.25, 0.3) is 0 Å². The van der Waals surface area contributed by atoms with Crippen molar-refractivity contribution in [2.45, 2.75) is 32.0 Å². The normalized spacial score (nSPS) is 14.4. The second kappa shape index (κ2) is 6.69. The fourth-order valence-electron chi connectivity index (χ4n) is 2.34. The van der Waals surface area contributed by atoms with Crippen molar-refractivity contribution in [1.82, 2.24) is 5.32 Å². The molecule has 0 unspecified atom stereocenters. The first-order valence-corrected chi connectivity index (χ1v) is 9.08. The van der Waals surface area contributed by atoms with Crippen molar-refractivity contribution in [3.05, 3.63) is 49.6 Å². The fourth-order valence-corrected chi connectivity index (χ4v) is 3.83. The highest BCUT2D eigenvalue weighted by Gasteiger charge is 2.21. The minimum Gasteiger partial charge on any atom is -0.369 e. The molecule has 112 valence electrons. The Morgan fingerprint density at radius 2 is 2.14 bits per heavy atom. The van der Waals surface area contributed by atoms with E-state index in [1.54, 1.807) is 11.3 Å². The van der Waals surface area contributed by atoms with Crippen LogP contribution in [-0.4, -0.2) is 13.1 Å². The predicted octanol–water partition coefficient (Wildman–Crippen LogP) is 5.05. The van der Waals surface area contributed by atoms with Gasteiger partial charge in [0.15, 0.2) is 0 Å². The summed E-state index contributed by atoms with van der Waals surface area (Å²) < 4.78 is 1.96. The highest BCUT2D eigenvalue weighted by molar-refractivity contribution is 9.10. The van der Waals surface area contributed by atoms with E-state index in [0.717, 1.165) is 27.9 Å². The van der Waals surface area contributed by atoms with Crippen LogP contribution in [-0.2, 0) is 13.1 Å². The second-order valence-electron chi connectivity index (χ2n) is 5.49. The molecule has 21 heavy (non-hydrogen) atoms. The highest BCUT2D eigenvalue weighted by Crippen LogP contribution is 2.29. The van der Waals surface area contributed by atoms with E-state index in [-0.39, 0.29) is 0 Å². The maximum atomic E-state index is 6.02. The van der Waals surface area contributed by atoms with Crippen molar-refractivity contribution in [3.63, 3.8) is 0 Å². The third-order valence-electron chi connectivity index (χ3n) is 3.64. The summed E-state index contributed by atoms with van der Waals surface area (Å²) in [6, 6.07) is 11.3. The van der Waals surface area contributed by atoms with E-state index < -0.39 is 0 Å². The summed E-state index contributed by atoms with van der Waals surface area (Å²) in [4.78, 5) is 3.57. The maximum absolute atomic E-state index is 6.02. The lowest BCUT2D eigenvalue weighted by molar-refractivity contribution is 0.685. The molecule has 3 rings (SSSR count). The van der Waals surface area contributed by atoms with Gasteiger partial charge in [-0.15, -0.1) is 11.3 Å². The molecule has 1 saturated carbocycles. The minimum atomic E-state index is 0.725. The second-order valence-corrected chi connectivity index (χ2v) is 8.21. The van der Waals surface area contributed by atoms with E-state index in [1.807, 2.05) is 6.07 Å². The van der Waals surface area contributed by atoms with E-state index in [9.17, 15) is 0 Å². The zero-order valence-electron chi connectivity index (χ0n) is 11.9. The lowest BCUT2D eigenvalue weighted by atomic mass is 10.1. The van der Waals surface area contributed by atoms with Gasteiger partial charge in [-0.3, -0.25) is 0 Å². The lowest BCUT2D eigenvalue weighted by Crippen LogP contribution is -2.21. The number of nitrogens with one attached hydrogen (secondary N) is 1. The molecule has 0 amide bonds. The maximum Gasteiger partial charge on any atom is 0.0931 e. The molecule has 2 nitrogen and oxygen atoms in total. The van der Waals surface area contributed by atoms with Crippen molar-refractivity contribution in [2.75, 3.05) is 11.9 Å². The molecule has 0 spiro atoms. The highest BCUT2D eigenvalue weighted by atomic mass is 79.9. The quantitative estimate of drug-likeness (QED) is 0.748. The summed E-state index contributed by atoms with van der Waals surface area (Å²) >= 11 is 11.2. The molecule has 5 heteroatoms. The third-order valence-corrected chi connectivity index (χ3v) is 5.35. The van der Waals surface area contributed by atoms with Gasteiger partial charge in [-0.25, -0.2) is 0 Å². The van der Waals surface area contributed by atoms with Crippen molar-refractivity contribution >= 4 is 44.6 Å². The van der Waals surface area contributed by atoms with Crippen LogP contribution in [0.2, 0.25) is 4.34 Å². The van der Waals surface area contributed by atoms with Gasteiger partial charge in [0, 0.05) is 34.7 Å². The number of thiophene rings is 1. The number of hydrogen-bond donors (Lipinski definition) is 1. The van der Waals surface area contributed by atoms with Crippen LogP contribution in [0, 0.1) is 0 Å². The molecule has 1 aliphatic carbocycles. The first kappa shape index (κ1) is 15.3. The van der Waals surface area contributed by atoms with Crippen LogP contribution < -0.4 is 10.2 Å². The van der Waals surface area contributed by atoms with Crippen LogP contribution >= 0.6 is 38.9 Å². The van der Waals surface area contributed by atoms with Gasteiger partial charge >= 0.3 is 0 Å². The zero-order chi connectivity index (χ0) is 14.8. The number of nitrogens with zero attached hydrogens (tertiary/aromatic N) is 1. The molecule has 0 atom stereocenters. The molecule has 1 heterocycles. The van der Waals surface area contributed by atoms with Crippen molar-refractivity contribution in [2.24, 2.45) is 0 Å². The third kappa shape index (κ3) is 4.22. The summed E-state index contributed by atoms with van der Waals surface area (Å²) in [7, 11) is 2.13. The Bertz CT molecular complexity index is 624. The topological polar surface area (TPSA) is 15.3 Å².